The number of hydrogen-bond acceptors (Lipinski definition) is 6. The van der Waals surface area contributed by atoms with E-state index in [2.05, 4.69) is 20.1 Å². The van der Waals surface area contributed by atoms with E-state index in [1.165, 1.54) is 6.20 Å². The highest BCUT2D eigenvalue weighted by molar-refractivity contribution is 6.04. The molecule has 1 aliphatic heterocycles. The quantitative estimate of drug-likeness (QED) is 0.549. The van der Waals surface area contributed by atoms with Gasteiger partial charge in [-0.05, 0) is 64.9 Å². The number of imidazole rings is 1. The normalized spacial score (nSPS) is 16.7. The summed E-state index contributed by atoms with van der Waals surface area (Å²) in [6.07, 6.45) is 7.84. The van der Waals surface area contributed by atoms with Crippen molar-refractivity contribution in [3.8, 4) is 0 Å². The van der Waals surface area contributed by atoms with Gasteiger partial charge in [-0.1, -0.05) is 18.2 Å². The van der Waals surface area contributed by atoms with Crippen LogP contribution < -0.4 is 5.32 Å². The number of nitrogens with zero attached hydrogens (tertiary/aromatic N) is 6. The number of anilines is 1. The Bertz CT molecular complexity index is 1250. The van der Waals surface area contributed by atoms with Crippen molar-refractivity contribution < 1.29 is 9.59 Å². The predicted octanol–water partition coefficient (Wildman–Crippen LogP) is 3.37. The van der Waals surface area contributed by atoms with Crippen molar-refractivity contribution in [1.82, 2.24) is 29.5 Å². The minimum absolute atomic E-state index is 0.0117. The van der Waals surface area contributed by atoms with Crippen LogP contribution in [0.2, 0.25) is 0 Å². The van der Waals surface area contributed by atoms with E-state index in [0.717, 1.165) is 42.4 Å². The summed E-state index contributed by atoms with van der Waals surface area (Å²) in [6.45, 7) is 5.84. The highest BCUT2D eigenvalue weighted by Crippen LogP contribution is 2.32. The lowest BCUT2D eigenvalue weighted by Gasteiger charge is -2.26. The third-order valence-corrected chi connectivity index (χ3v) is 6.23. The second-order valence-electron chi connectivity index (χ2n) is 9.39. The number of benzene rings is 1. The van der Waals surface area contributed by atoms with E-state index in [4.69, 9.17) is 4.98 Å². The van der Waals surface area contributed by atoms with Crippen LogP contribution >= 0.6 is 0 Å². The van der Waals surface area contributed by atoms with Gasteiger partial charge in [0.1, 0.15) is 0 Å². The number of rotatable bonds is 6. The van der Waals surface area contributed by atoms with Crippen molar-refractivity contribution in [2.75, 3.05) is 39.0 Å². The van der Waals surface area contributed by atoms with Gasteiger partial charge >= 0.3 is 0 Å². The maximum Gasteiger partial charge on any atom is 0.259 e. The van der Waals surface area contributed by atoms with Gasteiger partial charge < -0.3 is 14.4 Å². The first kappa shape index (κ1) is 24.5. The van der Waals surface area contributed by atoms with E-state index < -0.39 is 0 Å². The number of aryl methyl sites for hydroxylation is 2. The third kappa shape index (κ3) is 5.74. The number of hydrogen-bond donors (Lipinski definition) is 1. The van der Waals surface area contributed by atoms with Gasteiger partial charge in [-0.15, -0.1) is 0 Å². The van der Waals surface area contributed by atoms with Crippen LogP contribution in [0, 0.1) is 13.8 Å². The lowest BCUT2D eigenvalue weighted by atomic mass is 10.1. The fourth-order valence-electron chi connectivity index (χ4n) is 4.54. The Labute approximate surface area is 205 Å². The number of para-hydroxylation sites is 1. The molecule has 184 valence electrons. The topological polar surface area (TPSA) is 96.2 Å². The highest BCUT2D eigenvalue weighted by atomic mass is 16.2. The van der Waals surface area contributed by atoms with E-state index in [0.29, 0.717) is 30.3 Å². The second kappa shape index (κ2) is 10.8. The number of likely N-dealkylation sites (N-methyl/N-ethyl adjacent to an activating group) is 1. The first-order valence-electron chi connectivity index (χ1n) is 12.0. The molecule has 1 fully saturated rings. The molecule has 3 heterocycles. The number of aromatic nitrogens is 4. The van der Waals surface area contributed by atoms with Gasteiger partial charge in [0.05, 0.1) is 34.5 Å². The van der Waals surface area contributed by atoms with Gasteiger partial charge in [0.2, 0.25) is 11.9 Å². The summed E-state index contributed by atoms with van der Waals surface area (Å²) in [7, 11) is 3.95. The molecule has 3 aromatic rings. The zero-order valence-corrected chi connectivity index (χ0v) is 20.9. The lowest BCUT2D eigenvalue weighted by Crippen LogP contribution is -2.35. The molecule has 0 bridgehead atoms. The molecule has 9 nitrogen and oxygen atoms in total. The molecule has 4 rings (SSSR count). The molecule has 2 aromatic heterocycles. The lowest BCUT2D eigenvalue weighted by molar-refractivity contribution is -0.126. The van der Waals surface area contributed by atoms with Gasteiger partial charge in [-0.3, -0.25) is 14.9 Å². The molecule has 9 heteroatoms. The largest absolute Gasteiger partial charge is 0.337 e. The van der Waals surface area contributed by atoms with Gasteiger partial charge in [-0.2, -0.15) is 10.2 Å². The number of fused-ring (bicyclic) bond motifs is 1. The molecule has 0 aliphatic carbocycles. The molecule has 0 radical (unpaired) electrons. The Morgan fingerprint density at radius 2 is 2.06 bits per heavy atom. The van der Waals surface area contributed by atoms with E-state index in [-0.39, 0.29) is 17.9 Å². The average molecular weight is 476 g/mol. The van der Waals surface area contributed by atoms with Crippen LogP contribution in [0.1, 0.15) is 46.9 Å². The van der Waals surface area contributed by atoms with Crippen molar-refractivity contribution in [3.05, 3.63) is 59.4 Å². The minimum atomic E-state index is -0.287. The Hall–Kier alpha value is -3.59. The van der Waals surface area contributed by atoms with Gasteiger partial charge in [-0.25, -0.2) is 4.98 Å². The fourth-order valence-corrected chi connectivity index (χ4v) is 4.54. The number of carbonyl (C=O) groups excluding carboxylic acids is 2. The Morgan fingerprint density at radius 1 is 1.23 bits per heavy atom. The molecule has 1 atom stereocenters. The Kier molecular flexibility index (Phi) is 7.55. The van der Waals surface area contributed by atoms with Crippen LogP contribution in [0.4, 0.5) is 5.95 Å². The van der Waals surface area contributed by atoms with Crippen LogP contribution in [0.25, 0.3) is 11.0 Å². The van der Waals surface area contributed by atoms with Crippen LogP contribution in [-0.4, -0.2) is 75.1 Å². The minimum Gasteiger partial charge on any atom is -0.337 e. The third-order valence-electron chi connectivity index (χ3n) is 6.23. The zero-order valence-electron chi connectivity index (χ0n) is 20.9. The molecule has 1 N–H and O–H groups in total. The second-order valence-corrected chi connectivity index (χ2v) is 9.39. The van der Waals surface area contributed by atoms with Crippen LogP contribution in [0.15, 0.2) is 42.6 Å². The summed E-state index contributed by atoms with van der Waals surface area (Å²) < 4.78 is 2.11. The summed E-state index contributed by atoms with van der Waals surface area (Å²) in [5.41, 5.74) is 3.97. The standard InChI is InChI=1S/C26H33N7O2/c1-18-9-7-11-22-24(18)33(26(28-22)29-25(35)20-15-19(2)30-27-16-20)21-10-5-6-14-32(17-21)23(34)12-8-13-31(3)4/h7-9,11-12,15-16,21H,5-6,10,13-14,17H2,1-4H3,(H,28,29,35)/t21-/m1/s1. The molecule has 1 saturated heterocycles. The van der Waals surface area contributed by atoms with Crippen molar-refractivity contribution in [2.45, 2.75) is 39.2 Å². The smallest absolute Gasteiger partial charge is 0.259 e. The molecule has 0 saturated carbocycles. The number of carbonyl (C=O) groups is 2. The molecule has 1 aromatic carbocycles. The average Bonchev–Trinajstić information content (AvgIpc) is 3.01. The SMILES string of the molecule is Cc1cc(C(=O)Nc2nc3cccc(C)c3n2[C@@H]2CCCCN(C(=O)C=CCN(C)C)C2)cnn1. The maximum absolute atomic E-state index is 13.1. The zero-order chi connectivity index (χ0) is 24.9. The summed E-state index contributed by atoms with van der Waals surface area (Å²) in [6, 6.07) is 7.66. The first-order valence-corrected chi connectivity index (χ1v) is 12.0. The van der Waals surface area contributed by atoms with Crippen LogP contribution in [0.5, 0.6) is 0 Å². The van der Waals surface area contributed by atoms with Crippen molar-refractivity contribution in [1.29, 1.82) is 0 Å². The first-order chi connectivity index (χ1) is 16.8. The number of amides is 2. The molecule has 0 unspecified atom stereocenters. The van der Waals surface area contributed by atoms with Gasteiger partial charge in [0, 0.05) is 25.7 Å². The highest BCUT2D eigenvalue weighted by Gasteiger charge is 2.27. The predicted molar refractivity (Wildman–Crippen MR) is 136 cm³/mol. The molecule has 2 amide bonds. The van der Waals surface area contributed by atoms with Crippen molar-refractivity contribution >= 4 is 28.8 Å². The fraction of sp³-hybridized carbons (Fsp3) is 0.423. The molecule has 35 heavy (non-hydrogen) atoms. The van der Waals surface area contributed by atoms with Crippen molar-refractivity contribution in [3.63, 3.8) is 0 Å². The summed E-state index contributed by atoms with van der Waals surface area (Å²) in [5.74, 6) is 0.213. The maximum atomic E-state index is 13.1. The van der Waals surface area contributed by atoms with Crippen LogP contribution in [0.3, 0.4) is 0 Å². The van der Waals surface area contributed by atoms with E-state index in [1.54, 1.807) is 19.1 Å². The molecule has 1 aliphatic rings. The molecule has 0 spiro atoms. The molecular weight excluding hydrogens is 442 g/mol. The summed E-state index contributed by atoms with van der Waals surface area (Å²) >= 11 is 0. The van der Waals surface area contributed by atoms with Gasteiger partial charge in [0.15, 0.2) is 0 Å². The number of nitrogens with one attached hydrogen (secondary N) is 1. The van der Waals surface area contributed by atoms with E-state index in [9.17, 15) is 9.59 Å². The summed E-state index contributed by atoms with van der Waals surface area (Å²) in [5, 5.41) is 10.8. The monoisotopic (exact) mass is 475 g/mol. The van der Waals surface area contributed by atoms with E-state index >= 15 is 0 Å². The van der Waals surface area contributed by atoms with E-state index in [1.807, 2.05) is 55.1 Å². The number of likely N-dealkylation sites (tertiary alicyclic amines) is 1. The Balaban J connectivity index is 1.68. The Morgan fingerprint density at radius 3 is 2.83 bits per heavy atom. The molecular formula is C26H33N7O2. The van der Waals surface area contributed by atoms with Crippen LogP contribution in [-0.2, 0) is 4.79 Å². The van der Waals surface area contributed by atoms with Crippen molar-refractivity contribution in [2.24, 2.45) is 0 Å². The summed E-state index contributed by atoms with van der Waals surface area (Å²) in [4.78, 5) is 34.7. The van der Waals surface area contributed by atoms with Gasteiger partial charge in [0.25, 0.3) is 5.91 Å².